The third-order valence-corrected chi connectivity index (χ3v) is 11.2. The minimum Gasteiger partial charge on any atom is -0.479 e. The Hall–Kier alpha value is -1.14. The highest BCUT2D eigenvalue weighted by molar-refractivity contribution is 5.84. The summed E-state index contributed by atoms with van der Waals surface area (Å²) in [7, 11) is 0. The molecule has 5 fully saturated rings. The Balaban J connectivity index is 1.29. The first-order chi connectivity index (χ1) is 17.4. The maximum atomic E-state index is 13.8. The van der Waals surface area contributed by atoms with Gasteiger partial charge in [0.25, 0.3) is 0 Å². The van der Waals surface area contributed by atoms with E-state index in [0.717, 1.165) is 32.1 Å². The van der Waals surface area contributed by atoms with Crippen molar-refractivity contribution >= 4 is 11.8 Å². The average molecular weight is 527 g/mol. The summed E-state index contributed by atoms with van der Waals surface area (Å²) in [4.78, 5) is 25.2. The number of hydrogen-bond donors (Lipinski definition) is 6. The van der Waals surface area contributed by atoms with Crippen LogP contribution in [0.25, 0.3) is 0 Å². The maximum Gasteiger partial charge on any atom is 0.335 e. The molecule has 0 amide bonds. The number of ketones is 1. The molecule has 0 spiro atoms. The lowest BCUT2D eigenvalue weighted by atomic mass is 9.44. The summed E-state index contributed by atoms with van der Waals surface area (Å²) in [6.45, 7) is 4.07. The Labute approximate surface area is 217 Å². The van der Waals surface area contributed by atoms with Crippen LogP contribution in [0.15, 0.2) is 0 Å². The van der Waals surface area contributed by atoms with Gasteiger partial charge in [0.15, 0.2) is 12.4 Å². The van der Waals surface area contributed by atoms with Crippen LogP contribution in [-0.2, 0) is 19.1 Å². The van der Waals surface area contributed by atoms with Crippen LogP contribution in [0.4, 0.5) is 0 Å². The van der Waals surface area contributed by atoms with Crippen molar-refractivity contribution in [1.82, 2.24) is 0 Å². The molecule has 5 aliphatic rings. The van der Waals surface area contributed by atoms with Gasteiger partial charge in [-0.05, 0) is 79.4 Å². The summed E-state index contributed by atoms with van der Waals surface area (Å²) in [5.74, 6) is -0.470. The fraction of sp³-hybridized carbons (Fsp3) is 0.926. The van der Waals surface area contributed by atoms with Crippen molar-refractivity contribution in [1.29, 1.82) is 0 Å². The summed E-state index contributed by atoms with van der Waals surface area (Å²) >= 11 is 0. The number of fused-ring (bicyclic) bond motifs is 5. The van der Waals surface area contributed by atoms with Gasteiger partial charge in [-0.25, -0.2) is 4.79 Å². The van der Waals surface area contributed by atoms with E-state index in [9.17, 15) is 40.2 Å². The number of ether oxygens (including phenoxy) is 2. The Morgan fingerprint density at radius 1 is 1.05 bits per heavy atom. The number of carboxylic acid groups (broad SMARTS) is 1. The van der Waals surface area contributed by atoms with Gasteiger partial charge in [0.05, 0.1) is 18.8 Å². The van der Waals surface area contributed by atoms with Crippen LogP contribution in [0.1, 0.15) is 65.2 Å². The molecule has 210 valence electrons. The molecule has 5 rings (SSSR count). The van der Waals surface area contributed by atoms with Gasteiger partial charge in [-0.1, -0.05) is 13.8 Å². The van der Waals surface area contributed by atoms with Crippen molar-refractivity contribution < 1.29 is 49.7 Å². The van der Waals surface area contributed by atoms with Crippen molar-refractivity contribution in [2.45, 2.75) is 108 Å². The Kier molecular flexibility index (Phi) is 7.26. The van der Waals surface area contributed by atoms with Gasteiger partial charge in [-0.15, -0.1) is 0 Å². The minimum absolute atomic E-state index is 0.0554. The highest BCUT2D eigenvalue weighted by Crippen LogP contribution is 2.67. The molecule has 6 N–H and O–H groups in total. The highest BCUT2D eigenvalue weighted by atomic mass is 16.7. The molecule has 0 radical (unpaired) electrons. The maximum absolute atomic E-state index is 13.8. The van der Waals surface area contributed by atoms with Crippen LogP contribution in [0.3, 0.4) is 0 Å². The van der Waals surface area contributed by atoms with E-state index in [-0.39, 0.29) is 53.0 Å². The van der Waals surface area contributed by atoms with Crippen molar-refractivity contribution in [3.8, 4) is 0 Å². The van der Waals surface area contributed by atoms with Crippen LogP contribution in [0.5, 0.6) is 0 Å². The van der Waals surface area contributed by atoms with E-state index in [4.69, 9.17) is 9.47 Å². The zero-order chi connectivity index (χ0) is 26.9. The highest BCUT2D eigenvalue weighted by Gasteiger charge is 2.64. The molecule has 1 aliphatic heterocycles. The predicted octanol–water partition coefficient (Wildman–Crippen LogP) is 0.455. The van der Waals surface area contributed by atoms with Crippen molar-refractivity contribution in [2.24, 2.45) is 40.4 Å². The molecule has 0 aromatic carbocycles. The van der Waals surface area contributed by atoms with E-state index in [2.05, 4.69) is 13.8 Å². The first-order valence-corrected chi connectivity index (χ1v) is 13.8. The van der Waals surface area contributed by atoms with Crippen LogP contribution in [0.2, 0.25) is 0 Å². The summed E-state index contributed by atoms with van der Waals surface area (Å²) < 4.78 is 11.3. The molecule has 1 heterocycles. The zero-order valence-electron chi connectivity index (χ0n) is 21.6. The molecule has 1 saturated heterocycles. The van der Waals surface area contributed by atoms with Crippen molar-refractivity contribution in [3.63, 3.8) is 0 Å². The molecule has 0 aromatic rings. The summed E-state index contributed by atoms with van der Waals surface area (Å²) in [6, 6.07) is 0. The molecular formula is C27H42O10. The number of hydrogen-bond acceptors (Lipinski definition) is 9. The van der Waals surface area contributed by atoms with Gasteiger partial charge in [-0.3, -0.25) is 4.79 Å². The van der Waals surface area contributed by atoms with E-state index >= 15 is 0 Å². The largest absolute Gasteiger partial charge is 0.479 e. The monoisotopic (exact) mass is 526 g/mol. The predicted molar refractivity (Wildman–Crippen MR) is 128 cm³/mol. The van der Waals surface area contributed by atoms with Gasteiger partial charge in [0.2, 0.25) is 0 Å². The topological polar surface area (TPSA) is 174 Å². The first-order valence-electron chi connectivity index (χ1n) is 13.8. The van der Waals surface area contributed by atoms with Crippen LogP contribution in [-0.4, -0.2) is 91.9 Å². The van der Waals surface area contributed by atoms with Crippen molar-refractivity contribution in [3.05, 3.63) is 0 Å². The van der Waals surface area contributed by atoms with Gasteiger partial charge in [-0.2, -0.15) is 0 Å². The number of aliphatic carboxylic acids is 1. The fourth-order valence-corrected chi connectivity index (χ4v) is 9.31. The Bertz CT molecular complexity index is 896. The van der Waals surface area contributed by atoms with Gasteiger partial charge < -0.3 is 40.1 Å². The van der Waals surface area contributed by atoms with Crippen LogP contribution >= 0.6 is 0 Å². The molecular weight excluding hydrogens is 484 g/mol. The quantitative estimate of drug-likeness (QED) is 0.276. The van der Waals surface area contributed by atoms with E-state index in [1.807, 2.05) is 0 Å². The number of carboxylic acids is 1. The summed E-state index contributed by atoms with van der Waals surface area (Å²) in [5, 5.41) is 59.8. The SMILES string of the molecule is C[C@]12CC[C@@H](O[C@@H]3O[C@H](C(=O)O)[C@H](O)[C@H](O)[C@@H]3O)C[C@H]1CC[C@H]1[C@H]2C(=O)C[C@]2(C)[C@@H]([C@@H](O)CO)CC[C@@H]12. The van der Waals surface area contributed by atoms with E-state index in [1.165, 1.54) is 0 Å². The molecule has 14 atom stereocenters. The molecule has 4 saturated carbocycles. The second kappa shape index (κ2) is 9.80. The minimum atomic E-state index is -1.76. The van der Waals surface area contributed by atoms with Gasteiger partial charge in [0, 0.05) is 12.3 Å². The molecule has 10 nitrogen and oxygen atoms in total. The van der Waals surface area contributed by atoms with E-state index < -0.39 is 42.8 Å². The Morgan fingerprint density at radius 2 is 1.78 bits per heavy atom. The zero-order valence-corrected chi connectivity index (χ0v) is 21.6. The standard InChI is InChI=1S/C27H42O10/c1-26-8-7-13(36-25-22(33)20(31)21(32)23(37-25)24(34)35)9-12(26)3-4-14-15-5-6-16(18(30)11-28)27(15,2)10-17(29)19(14)26/h12-16,18-23,25,28,30-33H,3-11H2,1-2H3,(H,34,35)/t12-,13-,14-,15+,16-,18+,19+,20+,21-,22+,23+,25-,26+,27+/m1/s1. The van der Waals surface area contributed by atoms with Crippen LogP contribution in [0, 0.1) is 40.4 Å². The third-order valence-electron chi connectivity index (χ3n) is 11.2. The molecule has 37 heavy (non-hydrogen) atoms. The number of rotatable bonds is 5. The van der Waals surface area contributed by atoms with E-state index in [0.29, 0.717) is 25.2 Å². The average Bonchev–Trinajstić information content (AvgIpc) is 3.19. The number of Topliss-reactive ketones (excluding diaryl/α,β-unsaturated/α-hetero) is 1. The second-order valence-corrected chi connectivity index (χ2v) is 12.9. The molecule has 0 aromatic heterocycles. The normalized spacial score (nSPS) is 52.6. The van der Waals surface area contributed by atoms with Crippen LogP contribution < -0.4 is 0 Å². The van der Waals surface area contributed by atoms with Gasteiger partial charge >= 0.3 is 5.97 Å². The van der Waals surface area contributed by atoms with Gasteiger partial charge in [0.1, 0.15) is 24.1 Å². The number of carbonyl (C=O) groups excluding carboxylic acids is 1. The molecule has 0 unspecified atom stereocenters. The lowest BCUT2D eigenvalue weighted by Crippen LogP contribution is -2.61. The lowest BCUT2D eigenvalue weighted by Gasteiger charge is -2.60. The number of aliphatic hydroxyl groups is 5. The van der Waals surface area contributed by atoms with Crippen molar-refractivity contribution in [2.75, 3.05) is 6.61 Å². The summed E-state index contributed by atoms with van der Waals surface area (Å²) in [5.41, 5.74) is -0.481. The molecule has 10 heteroatoms. The molecule has 4 aliphatic carbocycles. The first kappa shape index (κ1) is 27.4. The Morgan fingerprint density at radius 3 is 2.46 bits per heavy atom. The molecule has 0 bridgehead atoms. The van der Waals surface area contributed by atoms with E-state index in [1.54, 1.807) is 0 Å². The number of aliphatic hydroxyl groups excluding tert-OH is 5. The number of carbonyl (C=O) groups is 2. The fourth-order valence-electron chi connectivity index (χ4n) is 9.31. The lowest BCUT2D eigenvalue weighted by molar-refractivity contribution is -0.309. The smallest absolute Gasteiger partial charge is 0.335 e. The summed E-state index contributed by atoms with van der Waals surface area (Å²) in [6.07, 6.45) is -3.13. The third kappa shape index (κ3) is 4.27. The second-order valence-electron chi connectivity index (χ2n) is 12.9.